The molecule has 7 heteroatoms. The number of nitrogens with one attached hydrogen (secondary N) is 1. The molecule has 0 fully saturated rings. The fourth-order valence-corrected chi connectivity index (χ4v) is 2.42. The third-order valence-electron chi connectivity index (χ3n) is 3.78. The van der Waals surface area contributed by atoms with Crippen molar-refractivity contribution in [1.82, 2.24) is 10.2 Å². The largest absolute Gasteiger partial charge is 0.350 e. The van der Waals surface area contributed by atoms with E-state index in [0.717, 1.165) is 16.7 Å². The Morgan fingerprint density at radius 1 is 1.15 bits per heavy atom. The Bertz CT molecular complexity index is 708. The number of carbonyl (C=O) groups excluding carboxylic acids is 1. The normalized spacial score (nSPS) is 11.3. The first-order valence-electron chi connectivity index (χ1n) is 7.88. The molecule has 0 aromatic heterocycles. The molecule has 144 valence electrons. The third kappa shape index (κ3) is 6.92. The van der Waals surface area contributed by atoms with Crippen LogP contribution in [0, 0.1) is 12.7 Å². The molecule has 1 amide bonds. The number of amides is 1. The van der Waals surface area contributed by atoms with Crippen LogP contribution in [-0.4, -0.2) is 24.9 Å². The standard InChI is InChI=1S/C19H24FN3O.2ClH/c1-13-4-7-15(8-5-13)18(21)19(24)22-11-14-6-9-17(20)16(10-14)12-23(2)3;;/h4-10,18H,11-12,21H2,1-3H3,(H,22,24);2*1H. The van der Waals surface area contributed by atoms with Gasteiger partial charge in [-0.3, -0.25) is 4.79 Å². The van der Waals surface area contributed by atoms with Gasteiger partial charge in [-0.2, -0.15) is 0 Å². The van der Waals surface area contributed by atoms with Crippen molar-refractivity contribution in [2.45, 2.75) is 26.1 Å². The van der Waals surface area contributed by atoms with E-state index in [1.165, 1.54) is 6.07 Å². The van der Waals surface area contributed by atoms with Crippen molar-refractivity contribution >= 4 is 30.7 Å². The number of carbonyl (C=O) groups is 1. The van der Waals surface area contributed by atoms with Crippen LogP contribution in [0.15, 0.2) is 42.5 Å². The molecule has 0 heterocycles. The van der Waals surface area contributed by atoms with Crippen molar-refractivity contribution in [3.05, 3.63) is 70.5 Å². The highest BCUT2D eigenvalue weighted by Crippen LogP contribution is 2.14. The van der Waals surface area contributed by atoms with E-state index in [-0.39, 0.29) is 36.5 Å². The van der Waals surface area contributed by atoms with Crippen molar-refractivity contribution in [3.63, 3.8) is 0 Å². The van der Waals surface area contributed by atoms with Gasteiger partial charge in [0.2, 0.25) is 5.91 Å². The molecule has 2 rings (SSSR count). The molecule has 3 N–H and O–H groups in total. The summed E-state index contributed by atoms with van der Waals surface area (Å²) in [4.78, 5) is 14.1. The highest BCUT2D eigenvalue weighted by atomic mass is 35.5. The molecule has 0 aliphatic carbocycles. The van der Waals surface area contributed by atoms with Gasteiger partial charge in [0.15, 0.2) is 0 Å². The van der Waals surface area contributed by atoms with Crippen LogP contribution in [0.4, 0.5) is 4.39 Å². The van der Waals surface area contributed by atoms with Crippen LogP contribution in [0.25, 0.3) is 0 Å². The molecule has 0 spiro atoms. The van der Waals surface area contributed by atoms with E-state index in [0.29, 0.717) is 18.7 Å². The summed E-state index contributed by atoms with van der Waals surface area (Å²) >= 11 is 0. The number of benzene rings is 2. The Hall–Kier alpha value is -1.66. The SMILES string of the molecule is Cc1ccc(C(N)C(=O)NCc2ccc(F)c(CN(C)C)c2)cc1.Cl.Cl. The Morgan fingerprint density at radius 3 is 2.35 bits per heavy atom. The van der Waals surface area contributed by atoms with Gasteiger partial charge in [0.05, 0.1) is 0 Å². The maximum absolute atomic E-state index is 13.8. The van der Waals surface area contributed by atoms with Crippen molar-refractivity contribution in [2.24, 2.45) is 5.73 Å². The molecule has 1 atom stereocenters. The first-order chi connectivity index (χ1) is 11.4. The minimum Gasteiger partial charge on any atom is -0.350 e. The van der Waals surface area contributed by atoms with Crippen molar-refractivity contribution in [2.75, 3.05) is 14.1 Å². The molecule has 2 aromatic rings. The fourth-order valence-electron chi connectivity index (χ4n) is 2.42. The molecular weight excluding hydrogens is 376 g/mol. The first-order valence-corrected chi connectivity index (χ1v) is 7.88. The molecule has 0 aliphatic heterocycles. The van der Waals surface area contributed by atoms with Crippen molar-refractivity contribution < 1.29 is 9.18 Å². The summed E-state index contributed by atoms with van der Waals surface area (Å²) in [5.41, 5.74) is 9.33. The molecule has 26 heavy (non-hydrogen) atoms. The van der Waals surface area contributed by atoms with Crippen LogP contribution in [0.1, 0.15) is 28.3 Å². The summed E-state index contributed by atoms with van der Waals surface area (Å²) < 4.78 is 13.8. The number of rotatable bonds is 6. The van der Waals surface area contributed by atoms with Gasteiger partial charge in [-0.05, 0) is 44.3 Å². The van der Waals surface area contributed by atoms with E-state index in [4.69, 9.17) is 5.73 Å². The molecule has 0 saturated carbocycles. The molecule has 0 radical (unpaired) electrons. The number of hydrogen-bond acceptors (Lipinski definition) is 3. The quantitative estimate of drug-likeness (QED) is 0.779. The average molecular weight is 402 g/mol. The predicted molar refractivity (Wildman–Crippen MR) is 108 cm³/mol. The number of hydrogen-bond donors (Lipinski definition) is 2. The van der Waals surface area contributed by atoms with Crippen LogP contribution in [-0.2, 0) is 17.9 Å². The van der Waals surface area contributed by atoms with E-state index in [1.807, 2.05) is 50.2 Å². The predicted octanol–water partition coefficient (Wildman–Crippen LogP) is 3.36. The van der Waals surface area contributed by atoms with Gasteiger partial charge in [-0.25, -0.2) is 4.39 Å². The first kappa shape index (κ1) is 24.3. The van der Waals surface area contributed by atoms with Crippen LogP contribution >= 0.6 is 24.8 Å². The number of nitrogens with zero attached hydrogens (tertiary/aromatic N) is 1. The number of halogens is 3. The Labute approximate surface area is 166 Å². The van der Waals surface area contributed by atoms with Crippen LogP contribution < -0.4 is 11.1 Å². The molecule has 0 aliphatic rings. The van der Waals surface area contributed by atoms with Gasteiger partial charge in [0, 0.05) is 18.7 Å². The number of nitrogens with two attached hydrogens (primary N) is 1. The highest BCUT2D eigenvalue weighted by Gasteiger charge is 2.15. The molecule has 1 unspecified atom stereocenters. The van der Waals surface area contributed by atoms with Crippen LogP contribution in [0.2, 0.25) is 0 Å². The summed E-state index contributed by atoms with van der Waals surface area (Å²) in [6, 6.07) is 11.7. The molecule has 0 saturated heterocycles. The van der Waals surface area contributed by atoms with Gasteiger partial charge in [0.25, 0.3) is 0 Å². The van der Waals surface area contributed by atoms with Gasteiger partial charge in [0.1, 0.15) is 11.9 Å². The second-order valence-corrected chi connectivity index (χ2v) is 6.27. The zero-order chi connectivity index (χ0) is 17.7. The lowest BCUT2D eigenvalue weighted by atomic mass is 10.0. The Kier molecular flexibility index (Phi) is 10.4. The zero-order valence-electron chi connectivity index (χ0n) is 15.2. The fraction of sp³-hybridized carbons (Fsp3) is 0.316. The molecule has 0 bridgehead atoms. The molecule has 2 aromatic carbocycles. The highest BCUT2D eigenvalue weighted by molar-refractivity contribution is 5.85. The van der Waals surface area contributed by atoms with E-state index in [2.05, 4.69) is 5.32 Å². The smallest absolute Gasteiger partial charge is 0.241 e. The van der Waals surface area contributed by atoms with Gasteiger partial charge < -0.3 is 16.0 Å². The molecule has 4 nitrogen and oxygen atoms in total. The lowest BCUT2D eigenvalue weighted by Crippen LogP contribution is -2.33. The Balaban J connectivity index is 0.00000312. The number of aryl methyl sites for hydroxylation is 1. The second-order valence-electron chi connectivity index (χ2n) is 6.27. The van der Waals surface area contributed by atoms with Crippen LogP contribution in [0.5, 0.6) is 0 Å². The van der Waals surface area contributed by atoms with Gasteiger partial charge in [-0.15, -0.1) is 24.8 Å². The monoisotopic (exact) mass is 401 g/mol. The Morgan fingerprint density at radius 2 is 1.77 bits per heavy atom. The van der Waals surface area contributed by atoms with Gasteiger partial charge >= 0.3 is 0 Å². The van der Waals surface area contributed by atoms with Crippen LogP contribution in [0.3, 0.4) is 0 Å². The maximum Gasteiger partial charge on any atom is 0.241 e. The summed E-state index contributed by atoms with van der Waals surface area (Å²) in [6.45, 7) is 2.81. The van der Waals surface area contributed by atoms with E-state index in [1.54, 1.807) is 12.1 Å². The minimum atomic E-state index is -0.715. The lowest BCUT2D eigenvalue weighted by molar-refractivity contribution is -0.122. The average Bonchev–Trinajstić information content (AvgIpc) is 2.55. The van der Waals surface area contributed by atoms with Crippen molar-refractivity contribution in [1.29, 1.82) is 0 Å². The zero-order valence-corrected chi connectivity index (χ0v) is 16.8. The summed E-state index contributed by atoms with van der Waals surface area (Å²) in [5.74, 6) is -0.493. The maximum atomic E-state index is 13.8. The third-order valence-corrected chi connectivity index (χ3v) is 3.78. The van der Waals surface area contributed by atoms with E-state index >= 15 is 0 Å². The lowest BCUT2D eigenvalue weighted by Gasteiger charge is -2.14. The minimum absolute atomic E-state index is 0. The second kappa shape index (κ2) is 11.1. The summed E-state index contributed by atoms with van der Waals surface area (Å²) in [5, 5.41) is 2.81. The van der Waals surface area contributed by atoms with E-state index < -0.39 is 6.04 Å². The topological polar surface area (TPSA) is 58.4 Å². The summed E-state index contributed by atoms with van der Waals surface area (Å²) in [6.07, 6.45) is 0. The van der Waals surface area contributed by atoms with Gasteiger partial charge in [-0.1, -0.05) is 35.9 Å². The summed E-state index contributed by atoms with van der Waals surface area (Å²) in [7, 11) is 3.77. The van der Waals surface area contributed by atoms with Crippen molar-refractivity contribution in [3.8, 4) is 0 Å². The molecular formula is C19H26Cl2FN3O. The van der Waals surface area contributed by atoms with E-state index in [9.17, 15) is 9.18 Å².